The summed E-state index contributed by atoms with van der Waals surface area (Å²) in [4.78, 5) is 15.8. The topological polar surface area (TPSA) is 35.6 Å². The Balaban J connectivity index is 1.56. The molecule has 1 saturated heterocycles. The van der Waals surface area contributed by atoms with Crippen molar-refractivity contribution in [1.29, 1.82) is 0 Å². The first kappa shape index (κ1) is 17.1. The molecule has 0 saturated carbocycles. The van der Waals surface area contributed by atoms with Crippen molar-refractivity contribution in [3.05, 3.63) is 46.0 Å². The van der Waals surface area contributed by atoms with E-state index in [-0.39, 0.29) is 5.02 Å². The minimum absolute atomic E-state index is 0.0660. The number of piperazine rings is 1. The monoisotopic (exact) mass is 383 g/mol. The van der Waals surface area contributed by atoms with Crippen LogP contribution < -0.4 is 10.2 Å². The Bertz CT molecular complexity index is 760. The lowest BCUT2D eigenvalue weighted by molar-refractivity contribution is 0.112. The predicted octanol–water partition coefficient (Wildman–Crippen LogP) is 3.87. The lowest BCUT2D eigenvalue weighted by Gasteiger charge is -2.36. The van der Waals surface area contributed by atoms with Gasteiger partial charge in [-0.2, -0.15) is 0 Å². The number of nitrogens with one attached hydrogen (secondary N) is 1. The average molecular weight is 384 g/mol. The van der Waals surface area contributed by atoms with E-state index < -0.39 is 5.82 Å². The third-order valence-corrected chi connectivity index (χ3v) is 5.50. The Hall–Kier alpha value is -1.70. The number of halogens is 2. The van der Waals surface area contributed by atoms with Crippen LogP contribution in [0.5, 0.6) is 0 Å². The van der Waals surface area contributed by atoms with Crippen LogP contribution in [0.25, 0.3) is 0 Å². The van der Waals surface area contributed by atoms with E-state index in [1.807, 2.05) is 12.1 Å². The number of nitrogens with zero attached hydrogens (tertiary/aromatic N) is 2. The van der Waals surface area contributed by atoms with Crippen LogP contribution in [-0.2, 0) is 0 Å². The first-order chi connectivity index (χ1) is 11.6. The Morgan fingerprint density at radius 1 is 1.25 bits per heavy atom. The van der Waals surface area contributed by atoms with Crippen molar-refractivity contribution in [2.75, 3.05) is 36.4 Å². The molecule has 24 heavy (non-hydrogen) atoms. The first-order valence-electron chi connectivity index (χ1n) is 7.38. The van der Waals surface area contributed by atoms with Gasteiger partial charge < -0.3 is 15.1 Å². The van der Waals surface area contributed by atoms with E-state index >= 15 is 0 Å². The number of carbonyl (C=O) groups excluding carboxylic acids is 1. The van der Waals surface area contributed by atoms with Crippen molar-refractivity contribution in [2.45, 2.75) is 0 Å². The fourth-order valence-corrected chi connectivity index (χ4v) is 3.84. The smallest absolute Gasteiger partial charge is 0.173 e. The molecule has 1 aliphatic rings. The van der Waals surface area contributed by atoms with Crippen molar-refractivity contribution in [3.8, 4) is 0 Å². The summed E-state index contributed by atoms with van der Waals surface area (Å²) in [5, 5.41) is 4.85. The first-order valence-corrected chi connectivity index (χ1v) is 8.98. The average Bonchev–Trinajstić information content (AvgIpc) is 3.07. The number of hydrogen-bond donors (Lipinski definition) is 1. The summed E-state index contributed by atoms with van der Waals surface area (Å²) in [6.45, 7) is 3.19. The van der Waals surface area contributed by atoms with E-state index in [0.29, 0.717) is 10.8 Å². The molecule has 2 aromatic rings. The summed E-state index contributed by atoms with van der Waals surface area (Å²) in [5.74, 6) is -0.451. The molecular formula is C16H15ClFN3OS2. The Kier molecular flexibility index (Phi) is 5.33. The van der Waals surface area contributed by atoms with Gasteiger partial charge in [-0.15, -0.1) is 11.3 Å². The lowest BCUT2D eigenvalue weighted by atomic mass is 10.3. The highest BCUT2D eigenvalue weighted by atomic mass is 35.5. The molecule has 0 radical (unpaired) electrons. The van der Waals surface area contributed by atoms with Crippen molar-refractivity contribution in [1.82, 2.24) is 4.90 Å². The zero-order valence-electron chi connectivity index (χ0n) is 12.7. The van der Waals surface area contributed by atoms with Gasteiger partial charge >= 0.3 is 0 Å². The largest absolute Gasteiger partial charge is 0.360 e. The molecule has 126 valence electrons. The molecule has 1 aromatic heterocycles. The van der Waals surface area contributed by atoms with Crippen LogP contribution in [0, 0.1) is 5.82 Å². The third kappa shape index (κ3) is 3.85. The Labute approximate surface area is 153 Å². The number of carbonyl (C=O) groups is 1. The Morgan fingerprint density at radius 2 is 2.00 bits per heavy atom. The number of anilines is 2. The van der Waals surface area contributed by atoms with Crippen LogP contribution in [0.15, 0.2) is 30.3 Å². The normalized spacial score (nSPS) is 14.6. The quantitative estimate of drug-likeness (QED) is 0.643. The molecule has 8 heteroatoms. The van der Waals surface area contributed by atoms with Gasteiger partial charge in [0.15, 0.2) is 11.4 Å². The predicted molar refractivity (Wildman–Crippen MR) is 101 cm³/mol. The zero-order valence-corrected chi connectivity index (χ0v) is 15.1. The maximum atomic E-state index is 13.2. The SMILES string of the molecule is O=Cc1ccc(N2CCN(C(=S)Nc3ccc(F)c(Cl)c3)CC2)s1. The van der Waals surface area contributed by atoms with Gasteiger partial charge in [0, 0.05) is 31.9 Å². The van der Waals surface area contributed by atoms with Crippen molar-refractivity contribution in [2.24, 2.45) is 0 Å². The molecule has 1 aromatic carbocycles. The van der Waals surface area contributed by atoms with Gasteiger partial charge in [-0.05, 0) is 42.5 Å². The van der Waals surface area contributed by atoms with Crippen LogP contribution in [0.2, 0.25) is 5.02 Å². The summed E-state index contributed by atoms with van der Waals surface area (Å²) in [5.41, 5.74) is 0.669. The molecule has 0 spiro atoms. The van der Waals surface area contributed by atoms with E-state index in [1.54, 1.807) is 6.07 Å². The molecule has 1 aliphatic heterocycles. The van der Waals surface area contributed by atoms with E-state index in [4.69, 9.17) is 23.8 Å². The van der Waals surface area contributed by atoms with Crippen LogP contribution in [0.3, 0.4) is 0 Å². The van der Waals surface area contributed by atoms with Crippen LogP contribution in [-0.4, -0.2) is 42.5 Å². The second kappa shape index (κ2) is 7.46. The maximum Gasteiger partial charge on any atom is 0.173 e. The number of rotatable bonds is 3. The summed E-state index contributed by atoms with van der Waals surface area (Å²) in [6.07, 6.45) is 0.872. The summed E-state index contributed by atoms with van der Waals surface area (Å²) in [6, 6.07) is 8.25. The minimum Gasteiger partial charge on any atom is -0.360 e. The molecule has 0 atom stereocenters. The van der Waals surface area contributed by atoms with Gasteiger partial charge in [-0.3, -0.25) is 4.79 Å². The highest BCUT2D eigenvalue weighted by Crippen LogP contribution is 2.26. The molecule has 3 rings (SSSR count). The highest BCUT2D eigenvalue weighted by Gasteiger charge is 2.20. The highest BCUT2D eigenvalue weighted by molar-refractivity contribution is 7.80. The number of benzene rings is 1. The fourth-order valence-electron chi connectivity index (χ4n) is 2.48. The van der Waals surface area contributed by atoms with Gasteiger partial charge in [-0.1, -0.05) is 11.6 Å². The van der Waals surface area contributed by atoms with Crippen LogP contribution in [0.4, 0.5) is 15.1 Å². The second-order valence-corrected chi connectivity index (χ2v) is 7.21. The summed E-state index contributed by atoms with van der Waals surface area (Å²) in [7, 11) is 0. The number of thiophene rings is 1. The van der Waals surface area contributed by atoms with E-state index in [0.717, 1.165) is 42.3 Å². The van der Waals surface area contributed by atoms with Crippen molar-refractivity contribution >= 4 is 57.2 Å². The summed E-state index contributed by atoms with van der Waals surface area (Å²) >= 11 is 12.7. The molecule has 0 amide bonds. The van der Waals surface area contributed by atoms with E-state index in [9.17, 15) is 9.18 Å². The van der Waals surface area contributed by atoms with Gasteiger partial charge in [0.1, 0.15) is 5.82 Å². The number of thiocarbonyl (C=S) groups is 1. The molecule has 0 aliphatic carbocycles. The molecule has 1 fully saturated rings. The molecule has 0 unspecified atom stereocenters. The molecule has 4 nitrogen and oxygen atoms in total. The van der Waals surface area contributed by atoms with Crippen molar-refractivity contribution in [3.63, 3.8) is 0 Å². The maximum absolute atomic E-state index is 13.2. The fraction of sp³-hybridized carbons (Fsp3) is 0.250. The van der Waals surface area contributed by atoms with E-state index in [1.165, 1.54) is 23.5 Å². The number of hydrogen-bond acceptors (Lipinski definition) is 4. The zero-order chi connectivity index (χ0) is 17.1. The molecule has 0 bridgehead atoms. The van der Waals surface area contributed by atoms with Crippen molar-refractivity contribution < 1.29 is 9.18 Å². The standard InChI is InChI=1S/C16H15ClFN3OS2/c17-13-9-11(1-3-14(13)18)19-16(23)21-7-5-20(6-8-21)15-4-2-12(10-22)24-15/h1-4,9-10H,5-8H2,(H,19,23). The minimum atomic E-state index is -0.451. The summed E-state index contributed by atoms with van der Waals surface area (Å²) < 4.78 is 13.2. The van der Waals surface area contributed by atoms with Gasteiger partial charge in [0.25, 0.3) is 0 Å². The second-order valence-electron chi connectivity index (χ2n) is 5.33. The molecule has 2 heterocycles. The Morgan fingerprint density at radius 3 is 2.62 bits per heavy atom. The molecule has 1 N–H and O–H groups in total. The van der Waals surface area contributed by atoms with Gasteiger partial charge in [0.05, 0.1) is 14.9 Å². The van der Waals surface area contributed by atoms with E-state index in [2.05, 4.69) is 15.1 Å². The number of aldehydes is 1. The lowest BCUT2D eigenvalue weighted by Crippen LogP contribution is -2.49. The van der Waals surface area contributed by atoms with Gasteiger partial charge in [-0.25, -0.2) is 4.39 Å². The van der Waals surface area contributed by atoms with Gasteiger partial charge in [0.2, 0.25) is 0 Å². The van der Waals surface area contributed by atoms with Crippen LogP contribution >= 0.6 is 35.2 Å². The third-order valence-electron chi connectivity index (χ3n) is 3.78. The molecular weight excluding hydrogens is 369 g/mol. The van der Waals surface area contributed by atoms with Crippen LogP contribution in [0.1, 0.15) is 9.67 Å².